The molecule has 1 amide bonds. The van der Waals surface area contributed by atoms with Crippen LogP contribution in [0.3, 0.4) is 0 Å². The minimum atomic E-state index is -0.370. The predicted molar refractivity (Wildman–Crippen MR) is 112 cm³/mol. The van der Waals surface area contributed by atoms with Crippen molar-refractivity contribution in [1.29, 1.82) is 0 Å². The monoisotopic (exact) mass is 390 g/mol. The van der Waals surface area contributed by atoms with Crippen LogP contribution in [0.1, 0.15) is 27.0 Å². The summed E-state index contributed by atoms with van der Waals surface area (Å²) in [6.45, 7) is 2.45. The van der Waals surface area contributed by atoms with Crippen LogP contribution in [0.15, 0.2) is 71.8 Å². The molecule has 0 saturated carbocycles. The zero-order valence-corrected chi connectivity index (χ0v) is 16.3. The van der Waals surface area contributed by atoms with E-state index in [9.17, 15) is 9.90 Å². The van der Waals surface area contributed by atoms with Gasteiger partial charge in [0.2, 0.25) is 0 Å². The number of hydrogen-bond donors (Lipinski definition) is 2. The van der Waals surface area contributed by atoms with Gasteiger partial charge in [0.05, 0.1) is 13.3 Å². The number of carbonyl (C=O) groups excluding carboxylic acids is 1. The van der Waals surface area contributed by atoms with Gasteiger partial charge in [0.15, 0.2) is 11.5 Å². The summed E-state index contributed by atoms with van der Waals surface area (Å²) in [4.78, 5) is 12.0. The van der Waals surface area contributed by atoms with E-state index in [4.69, 9.17) is 9.47 Å². The quantitative estimate of drug-likeness (QED) is 0.471. The number of hydrogen-bond acceptors (Lipinski definition) is 5. The van der Waals surface area contributed by atoms with Crippen molar-refractivity contribution in [3.8, 4) is 17.2 Å². The van der Waals surface area contributed by atoms with E-state index >= 15 is 0 Å². The Bertz CT molecular complexity index is 996. The Balaban J connectivity index is 1.65. The lowest BCUT2D eigenvalue weighted by atomic mass is 10.1. The number of rotatable bonds is 7. The molecule has 0 unspecified atom stereocenters. The molecule has 0 spiro atoms. The second-order valence-electron chi connectivity index (χ2n) is 6.43. The number of hydrazone groups is 1. The smallest absolute Gasteiger partial charge is 0.271 e. The summed E-state index contributed by atoms with van der Waals surface area (Å²) in [5, 5.41) is 13.3. The molecule has 3 aromatic carbocycles. The van der Waals surface area contributed by atoms with Gasteiger partial charge in [-0.1, -0.05) is 29.8 Å². The van der Waals surface area contributed by atoms with E-state index < -0.39 is 0 Å². The number of phenols is 1. The number of benzene rings is 3. The number of methoxy groups -OCH3 is 1. The number of nitrogens with one attached hydrogen (secondary N) is 1. The van der Waals surface area contributed by atoms with E-state index in [0.717, 1.165) is 11.1 Å². The zero-order chi connectivity index (χ0) is 20.6. The summed E-state index contributed by atoms with van der Waals surface area (Å²) >= 11 is 0. The maximum atomic E-state index is 12.0. The summed E-state index contributed by atoms with van der Waals surface area (Å²) in [5.41, 5.74) is 5.85. The fourth-order valence-corrected chi connectivity index (χ4v) is 2.57. The van der Waals surface area contributed by atoms with Crippen LogP contribution >= 0.6 is 0 Å². The average Bonchev–Trinajstić information content (AvgIpc) is 2.74. The molecule has 0 radical (unpaired) electrons. The Morgan fingerprint density at radius 2 is 1.76 bits per heavy atom. The van der Waals surface area contributed by atoms with Crippen LogP contribution in [0.4, 0.5) is 0 Å². The average molecular weight is 390 g/mol. The molecule has 0 aliphatic rings. The lowest BCUT2D eigenvalue weighted by Crippen LogP contribution is -2.17. The number of amides is 1. The number of aryl methyl sites for hydroxylation is 1. The third-order valence-corrected chi connectivity index (χ3v) is 4.21. The van der Waals surface area contributed by atoms with E-state index in [1.54, 1.807) is 19.2 Å². The molecule has 0 saturated heterocycles. The van der Waals surface area contributed by atoms with Gasteiger partial charge in [0.1, 0.15) is 12.4 Å². The van der Waals surface area contributed by atoms with Crippen LogP contribution in [0.25, 0.3) is 0 Å². The van der Waals surface area contributed by atoms with E-state index in [2.05, 4.69) is 10.5 Å². The Morgan fingerprint density at radius 1 is 1.03 bits per heavy atom. The first-order valence-electron chi connectivity index (χ1n) is 9.04. The minimum absolute atomic E-state index is 0.0986. The largest absolute Gasteiger partial charge is 0.508 e. The highest BCUT2D eigenvalue weighted by atomic mass is 16.5. The Labute approximate surface area is 169 Å². The Hall–Kier alpha value is -3.80. The van der Waals surface area contributed by atoms with E-state index in [0.29, 0.717) is 23.7 Å². The first-order chi connectivity index (χ1) is 14.0. The van der Waals surface area contributed by atoms with Crippen molar-refractivity contribution >= 4 is 12.1 Å². The van der Waals surface area contributed by atoms with Gasteiger partial charge in [0.25, 0.3) is 5.91 Å². The van der Waals surface area contributed by atoms with Crippen molar-refractivity contribution < 1.29 is 19.4 Å². The highest BCUT2D eigenvalue weighted by Gasteiger charge is 2.07. The number of aromatic hydroxyl groups is 1. The van der Waals surface area contributed by atoms with Gasteiger partial charge < -0.3 is 14.6 Å². The molecule has 148 valence electrons. The first kappa shape index (κ1) is 19.9. The lowest BCUT2D eigenvalue weighted by Gasteiger charge is -2.11. The highest BCUT2D eigenvalue weighted by molar-refractivity contribution is 5.95. The molecule has 0 aromatic heterocycles. The second-order valence-corrected chi connectivity index (χ2v) is 6.43. The van der Waals surface area contributed by atoms with Crippen LogP contribution in [-0.2, 0) is 6.61 Å². The van der Waals surface area contributed by atoms with E-state index in [1.165, 1.54) is 36.0 Å². The molecule has 0 fully saturated rings. The third kappa shape index (κ3) is 5.59. The van der Waals surface area contributed by atoms with Gasteiger partial charge >= 0.3 is 0 Å². The maximum absolute atomic E-state index is 12.0. The summed E-state index contributed by atoms with van der Waals surface area (Å²) in [6.07, 6.45) is 1.52. The summed E-state index contributed by atoms with van der Waals surface area (Å²) < 4.78 is 11.3. The van der Waals surface area contributed by atoms with Crippen molar-refractivity contribution in [2.75, 3.05) is 7.11 Å². The fourth-order valence-electron chi connectivity index (χ4n) is 2.57. The molecule has 29 heavy (non-hydrogen) atoms. The molecule has 0 aliphatic carbocycles. The van der Waals surface area contributed by atoms with E-state index in [1.807, 2.05) is 37.3 Å². The molecular formula is C23H22N2O4. The fraction of sp³-hybridized carbons (Fsp3) is 0.130. The number of carbonyl (C=O) groups is 1. The van der Waals surface area contributed by atoms with Gasteiger partial charge in [-0.15, -0.1) is 0 Å². The number of ether oxygens (including phenoxy) is 2. The summed E-state index contributed by atoms with van der Waals surface area (Å²) in [7, 11) is 1.58. The van der Waals surface area contributed by atoms with Gasteiger partial charge in [0, 0.05) is 5.56 Å². The van der Waals surface area contributed by atoms with Gasteiger partial charge in [-0.3, -0.25) is 4.79 Å². The van der Waals surface area contributed by atoms with Crippen molar-refractivity contribution in [1.82, 2.24) is 5.43 Å². The van der Waals surface area contributed by atoms with Crippen LogP contribution < -0.4 is 14.9 Å². The van der Waals surface area contributed by atoms with Crippen LogP contribution in [0.2, 0.25) is 0 Å². The Morgan fingerprint density at radius 3 is 2.45 bits per heavy atom. The first-order valence-corrected chi connectivity index (χ1v) is 9.04. The van der Waals surface area contributed by atoms with Crippen LogP contribution in [0.5, 0.6) is 17.2 Å². The van der Waals surface area contributed by atoms with Crippen LogP contribution in [-0.4, -0.2) is 24.3 Å². The molecule has 2 N–H and O–H groups in total. The number of nitrogens with zero attached hydrogens (tertiary/aromatic N) is 1. The van der Waals surface area contributed by atoms with Crippen LogP contribution in [0, 0.1) is 6.92 Å². The van der Waals surface area contributed by atoms with Gasteiger partial charge in [-0.05, 0) is 60.5 Å². The topological polar surface area (TPSA) is 80.2 Å². The Kier molecular flexibility index (Phi) is 6.47. The van der Waals surface area contributed by atoms with Crippen molar-refractivity contribution in [2.45, 2.75) is 13.5 Å². The minimum Gasteiger partial charge on any atom is -0.508 e. The van der Waals surface area contributed by atoms with Crippen molar-refractivity contribution in [2.24, 2.45) is 5.10 Å². The summed E-state index contributed by atoms with van der Waals surface area (Å²) in [6, 6.07) is 19.4. The second kappa shape index (κ2) is 9.41. The molecule has 3 aromatic rings. The van der Waals surface area contributed by atoms with Gasteiger partial charge in [-0.25, -0.2) is 5.43 Å². The van der Waals surface area contributed by atoms with Crippen molar-refractivity contribution in [3.63, 3.8) is 0 Å². The lowest BCUT2D eigenvalue weighted by molar-refractivity contribution is 0.0955. The molecule has 0 atom stereocenters. The third-order valence-electron chi connectivity index (χ3n) is 4.21. The maximum Gasteiger partial charge on any atom is 0.271 e. The molecule has 3 rings (SSSR count). The normalized spacial score (nSPS) is 10.7. The SMILES string of the molecule is COc1ccc(/C=N\NC(=O)c2ccc(O)cc2)cc1OCc1ccc(C)cc1. The zero-order valence-electron chi connectivity index (χ0n) is 16.3. The summed E-state index contributed by atoms with van der Waals surface area (Å²) in [5.74, 6) is 0.927. The molecule has 0 aliphatic heterocycles. The highest BCUT2D eigenvalue weighted by Crippen LogP contribution is 2.28. The van der Waals surface area contributed by atoms with Gasteiger partial charge in [-0.2, -0.15) is 5.10 Å². The number of phenolic OH excluding ortho intramolecular Hbond substituents is 1. The van der Waals surface area contributed by atoms with Crippen molar-refractivity contribution in [3.05, 3.63) is 89.0 Å². The molecule has 6 heteroatoms. The standard InChI is InChI=1S/C23H22N2O4/c1-16-3-5-17(6-4-16)15-29-22-13-18(7-12-21(22)28-2)14-24-25-23(27)19-8-10-20(26)11-9-19/h3-14,26H,15H2,1-2H3,(H,25,27)/b24-14-. The predicted octanol–water partition coefficient (Wildman–Crippen LogP) is 4.05. The molecular weight excluding hydrogens is 368 g/mol. The molecule has 0 bridgehead atoms. The van der Waals surface area contributed by atoms with E-state index in [-0.39, 0.29) is 11.7 Å². The molecule has 6 nitrogen and oxygen atoms in total. The molecule has 0 heterocycles.